The van der Waals surface area contributed by atoms with Gasteiger partial charge >= 0.3 is 5.97 Å². The molecule has 2 aromatic heterocycles. The maximum Gasteiger partial charge on any atom is 0.357 e. The van der Waals surface area contributed by atoms with Crippen molar-refractivity contribution in [1.82, 2.24) is 15.2 Å². The van der Waals surface area contributed by atoms with Crippen molar-refractivity contribution in [1.29, 1.82) is 0 Å². The Morgan fingerprint density at radius 1 is 1.38 bits per heavy atom. The summed E-state index contributed by atoms with van der Waals surface area (Å²) in [6.07, 6.45) is 2.14. The second-order valence-corrected chi connectivity index (χ2v) is 7.12. The number of esters is 1. The molecule has 0 aromatic carbocycles. The fourth-order valence-electron chi connectivity index (χ4n) is 3.58. The van der Waals surface area contributed by atoms with Crippen molar-refractivity contribution in [3.8, 4) is 0 Å². The maximum atomic E-state index is 12.2. The normalized spacial score (nSPS) is 15.8. The van der Waals surface area contributed by atoms with Gasteiger partial charge in [-0.05, 0) is 37.7 Å². The first-order valence-electron chi connectivity index (χ1n) is 9.35. The fraction of sp³-hybridized carbons (Fsp3) is 0.632. The Kier molecular flexibility index (Phi) is 5.76. The van der Waals surface area contributed by atoms with Crippen molar-refractivity contribution in [2.24, 2.45) is 5.92 Å². The Bertz CT molecular complexity index is 763. The Balaban J connectivity index is 2.00. The standard InChI is InChI=1S/C19H28N4O3/c1-5-26-19(24)14-10-15(23-8-6-13(7-9-23)11-25-4)16-17(12(2)3)21-22-18(16)20-14/h10,12-13H,5-9,11H2,1-4H3,(H,20,21,22). The Hall–Kier alpha value is -2.15. The summed E-state index contributed by atoms with van der Waals surface area (Å²) in [4.78, 5) is 19.0. The molecule has 7 heteroatoms. The van der Waals surface area contributed by atoms with Crippen LogP contribution in [0.5, 0.6) is 0 Å². The van der Waals surface area contributed by atoms with E-state index in [-0.39, 0.29) is 0 Å². The van der Waals surface area contributed by atoms with E-state index in [2.05, 4.69) is 33.9 Å². The topological polar surface area (TPSA) is 80.3 Å². The average Bonchev–Trinajstić information content (AvgIpc) is 3.06. The molecular formula is C19H28N4O3. The van der Waals surface area contributed by atoms with Crippen LogP contribution in [0.3, 0.4) is 0 Å². The van der Waals surface area contributed by atoms with Crippen LogP contribution >= 0.6 is 0 Å². The maximum absolute atomic E-state index is 12.2. The van der Waals surface area contributed by atoms with Crippen molar-refractivity contribution >= 4 is 22.7 Å². The van der Waals surface area contributed by atoms with Crippen molar-refractivity contribution in [3.05, 3.63) is 17.5 Å². The van der Waals surface area contributed by atoms with Crippen LogP contribution in [0, 0.1) is 5.92 Å². The molecule has 0 spiro atoms. The van der Waals surface area contributed by atoms with Gasteiger partial charge in [0.2, 0.25) is 0 Å². The number of H-pyrrole nitrogens is 1. The van der Waals surface area contributed by atoms with Crippen molar-refractivity contribution in [3.63, 3.8) is 0 Å². The molecule has 1 fully saturated rings. The molecule has 26 heavy (non-hydrogen) atoms. The molecular weight excluding hydrogens is 332 g/mol. The minimum atomic E-state index is -0.404. The van der Waals surface area contributed by atoms with Gasteiger partial charge in [-0.25, -0.2) is 9.78 Å². The second kappa shape index (κ2) is 8.03. The molecule has 0 saturated carbocycles. The molecule has 0 radical (unpaired) electrons. The van der Waals surface area contributed by atoms with E-state index < -0.39 is 5.97 Å². The summed E-state index contributed by atoms with van der Waals surface area (Å²) in [6.45, 7) is 9.03. The summed E-state index contributed by atoms with van der Waals surface area (Å²) < 4.78 is 10.5. The monoisotopic (exact) mass is 360 g/mol. The second-order valence-electron chi connectivity index (χ2n) is 7.12. The van der Waals surface area contributed by atoms with Crippen LogP contribution in [0.25, 0.3) is 11.0 Å². The molecule has 1 aliphatic rings. The minimum Gasteiger partial charge on any atom is -0.461 e. The van der Waals surface area contributed by atoms with Gasteiger partial charge in [-0.3, -0.25) is 5.10 Å². The molecule has 7 nitrogen and oxygen atoms in total. The number of rotatable bonds is 6. The number of carbonyl (C=O) groups excluding carboxylic acids is 1. The van der Waals surface area contributed by atoms with Gasteiger partial charge in [-0.2, -0.15) is 5.10 Å². The number of anilines is 1. The van der Waals surface area contributed by atoms with Crippen LogP contribution in [0.15, 0.2) is 6.07 Å². The smallest absolute Gasteiger partial charge is 0.357 e. The zero-order chi connectivity index (χ0) is 18.7. The molecule has 142 valence electrons. The summed E-state index contributed by atoms with van der Waals surface area (Å²) in [5, 5.41) is 8.47. The number of piperidine rings is 1. The number of methoxy groups -OCH3 is 1. The highest BCUT2D eigenvalue weighted by Gasteiger charge is 2.25. The number of hydrogen-bond donors (Lipinski definition) is 1. The fourth-order valence-corrected chi connectivity index (χ4v) is 3.58. The Morgan fingerprint density at radius 2 is 2.12 bits per heavy atom. The van der Waals surface area contributed by atoms with Crippen LogP contribution in [0.1, 0.15) is 55.7 Å². The Morgan fingerprint density at radius 3 is 2.73 bits per heavy atom. The number of nitrogens with one attached hydrogen (secondary N) is 1. The first-order valence-corrected chi connectivity index (χ1v) is 9.35. The summed E-state index contributed by atoms with van der Waals surface area (Å²) in [7, 11) is 1.75. The van der Waals surface area contributed by atoms with Crippen LogP contribution in [0.2, 0.25) is 0 Å². The molecule has 2 aromatic rings. The number of fused-ring (bicyclic) bond motifs is 1. The molecule has 0 unspecified atom stereocenters. The lowest BCUT2D eigenvalue weighted by Crippen LogP contribution is -2.35. The van der Waals surface area contributed by atoms with Crippen molar-refractivity contribution in [2.45, 2.75) is 39.5 Å². The predicted octanol–water partition coefficient (Wildman–Crippen LogP) is 3.12. The number of ether oxygens (including phenoxy) is 2. The zero-order valence-electron chi connectivity index (χ0n) is 16.0. The lowest BCUT2D eigenvalue weighted by molar-refractivity contribution is 0.0520. The molecule has 1 N–H and O–H groups in total. The van der Waals surface area contributed by atoms with Crippen molar-refractivity contribution < 1.29 is 14.3 Å². The molecule has 3 rings (SSSR count). The van der Waals surface area contributed by atoms with E-state index in [1.807, 2.05) is 6.07 Å². The molecule has 0 bridgehead atoms. The summed E-state index contributed by atoms with van der Waals surface area (Å²) >= 11 is 0. The molecule has 1 aliphatic heterocycles. The first kappa shape index (κ1) is 18.6. The van der Waals surface area contributed by atoms with E-state index >= 15 is 0 Å². The number of carbonyl (C=O) groups is 1. The van der Waals surface area contributed by atoms with E-state index in [1.54, 1.807) is 14.0 Å². The van der Waals surface area contributed by atoms with Gasteiger partial charge in [0, 0.05) is 32.5 Å². The number of pyridine rings is 1. The SMILES string of the molecule is CCOC(=O)c1cc(N2CCC(COC)CC2)c2c(C(C)C)[nH]nc2n1. The largest absolute Gasteiger partial charge is 0.461 e. The van der Waals surface area contributed by atoms with E-state index in [0.29, 0.717) is 29.8 Å². The number of nitrogens with zero attached hydrogens (tertiary/aromatic N) is 3. The minimum absolute atomic E-state index is 0.292. The molecule has 0 aliphatic carbocycles. The lowest BCUT2D eigenvalue weighted by atomic mass is 9.96. The summed E-state index contributed by atoms with van der Waals surface area (Å²) in [5.41, 5.74) is 2.96. The van der Waals surface area contributed by atoms with E-state index in [4.69, 9.17) is 9.47 Å². The number of hydrogen-bond acceptors (Lipinski definition) is 6. The van der Waals surface area contributed by atoms with Gasteiger partial charge in [0.05, 0.1) is 17.7 Å². The molecule has 3 heterocycles. The van der Waals surface area contributed by atoms with Crippen LogP contribution in [0.4, 0.5) is 5.69 Å². The first-order chi connectivity index (χ1) is 12.5. The Labute approximate surface area is 154 Å². The molecule has 0 amide bonds. The average molecular weight is 360 g/mol. The molecule has 0 atom stereocenters. The zero-order valence-corrected chi connectivity index (χ0v) is 16.0. The van der Waals surface area contributed by atoms with Crippen LogP contribution in [-0.4, -0.2) is 54.6 Å². The lowest BCUT2D eigenvalue weighted by Gasteiger charge is -2.34. The highest BCUT2D eigenvalue weighted by molar-refractivity contribution is 5.98. The van der Waals surface area contributed by atoms with Gasteiger partial charge in [0.25, 0.3) is 0 Å². The van der Waals surface area contributed by atoms with E-state index in [0.717, 1.165) is 49.3 Å². The van der Waals surface area contributed by atoms with Gasteiger partial charge in [0.15, 0.2) is 11.3 Å². The third-order valence-corrected chi connectivity index (χ3v) is 4.95. The van der Waals surface area contributed by atoms with Gasteiger partial charge in [-0.1, -0.05) is 13.8 Å². The number of aromatic amines is 1. The molecule has 1 saturated heterocycles. The van der Waals surface area contributed by atoms with E-state index in [1.165, 1.54) is 0 Å². The number of aromatic nitrogens is 3. The predicted molar refractivity (Wildman–Crippen MR) is 101 cm³/mol. The highest BCUT2D eigenvalue weighted by Crippen LogP contribution is 2.34. The van der Waals surface area contributed by atoms with Crippen LogP contribution < -0.4 is 4.90 Å². The summed E-state index contributed by atoms with van der Waals surface area (Å²) in [6, 6.07) is 1.86. The van der Waals surface area contributed by atoms with Crippen LogP contribution in [-0.2, 0) is 9.47 Å². The van der Waals surface area contributed by atoms with E-state index in [9.17, 15) is 4.79 Å². The van der Waals surface area contributed by atoms with Gasteiger partial charge in [0.1, 0.15) is 0 Å². The van der Waals surface area contributed by atoms with Gasteiger partial charge < -0.3 is 14.4 Å². The van der Waals surface area contributed by atoms with Gasteiger partial charge in [-0.15, -0.1) is 0 Å². The third kappa shape index (κ3) is 3.67. The van der Waals surface area contributed by atoms with Crippen molar-refractivity contribution in [2.75, 3.05) is 38.3 Å². The quantitative estimate of drug-likeness (QED) is 0.797. The highest BCUT2D eigenvalue weighted by atomic mass is 16.5. The summed E-state index contributed by atoms with van der Waals surface area (Å²) in [5.74, 6) is 0.478. The third-order valence-electron chi connectivity index (χ3n) is 4.95.